The van der Waals surface area contributed by atoms with Gasteiger partial charge in [-0.2, -0.15) is 0 Å². The van der Waals surface area contributed by atoms with Crippen molar-refractivity contribution in [3.05, 3.63) is 47.7 Å². The summed E-state index contributed by atoms with van der Waals surface area (Å²) in [5.41, 5.74) is 2.40. The number of oxazole rings is 1. The van der Waals surface area contributed by atoms with Crippen molar-refractivity contribution in [1.29, 1.82) is 0 Å². The smallest absolute Gasteiger partial charge is 0.213 e. The Morgan fingerprint density at radius 3 is 2.34 bits per heavy atom. The van der Waals surface area contributed by atoms with E-state index >= 15 is 0 Å². The fourth-order valence-corrected chi connectivity index (χ4v) is 2.95. The van der Waals surface area contributed by atoms with Gasteiger partial charge in [-0.25, -0.2) is 4.98 Å². The number of ether oxygens (including phenoxy) is 1. The van der Waals surface area contributed by atoms with Gasteiger partial charge >= 0.3 is 0 Å². The molecular formula is C21H32IN5O2. The number of nitrogens with zero attached hydrogens (tertiary/aromatic N) is 3. The van der Waals surface area contributed by atoms with Gasteiger partial charge in [-0.1, -0.05) is 32.9 Å². The fourth-order valence-electron chi connectivity index (χ4n) is 2.95. The molecule has 0 atom stereocenters. The van der Waals surface area contributed by atoms with Crippen LogP contribution >= 0.6 is 24.0 Å². The second kappa shape index (κ2) is 10.8. The lowest BCUT2D eigenvalue weighted by atomic mass is 9.94. The number of morpholine rings is 1. The van der Waals surface area contributed by atoms with Crippen LogP contribution in [-0.4, -0.2) is 44.3 Å². The highest BCUT2D eigenvalue weighted by atomic mass is 127. The molecule has 0 aliphatic carbocycles. The highest BCUT2D eigenvalue weighted by Gasteiger charge is 2.19. The first-order chi connectivity index (χ1) is 13.5. The minimum atomic E-state index is -0.0431. The Kier molecular flexibility index (Phi) is 8.76. The molecule has 8 heteroatoms. The van der Waals surface area contributed by atoms with E-state index < -0.39 is 0 Å². The molecule has 1 saturated heterocycles. The van der Waals surface area contributed by atoms with E-state index in [1.807, 2.05) is 0 Å². The maximum Gasteiger partial charge on any atom is 0.213 e. The predicted molar refractivity (Wildman–Crippen MR) is 127 cm³/mol. The van der Waals surface area contributed by atoms with Gasteiger partial charge in [0.2, 0.25) is 5.89 Å². The van der Waals surface area contributed by atoms with E-state index in [1.165, 1.54) is 11.3 Å². The summed E-state index contributed by atoms with van der Waals surface area (Å²) in [6.07, 6.45) is 1.79. The lowest BCUT2D eigenvalue weighted by molar-refractivity contribution is 0.122. The molecule has 0 amide bonds. The lowest BCUT2D eigenvalue weighted by Crippen LogP contribution is -2.36. The molecule has 0 saturated carbocycles. The molecule has 160 valence electrons. The molecule has 1 aliphatic heterocycles. The van der Waals surface area contributed by atoms with Gasteiger partial charge in [0.25, 0.3) is 0 Å². The quantitative estimate of drug-likeness (QED) is 0.363. The monoisotopic (exact) mass is 513 g/mol. The van der Waals surface area contributed by atoms with Crippen molar-refractivity contribution in [1.82, 2.24) is 15.6 Å². The van der Waals surface area contributed by atoms with Crippen LogP contribution in [0.15, 0.2) is 39.9 Å². The normalized spacial score (nSPS) is 15.0. The Labute approximate surface area is 190 Å². The van der Waals surface area contributed by atoms with Gasteiger partial charge in [0.05, 0.1) is 26.0 Å². The van der Waals surface area contributed by atoms with Crippen molar-refractivity contribution in [3.8, 4) is 0 Å². The Hall–Kier alpha value is -1.81. The van der Waals surface area contributed by atoms with Gasteiger partial charge in [0.15, 0.2) is 5.96 Å². The van der Waals surface area contributed by atoms with E-state index in [4.69, 9.17) is 9.15 Å². The van der Waals surface area contributed by atoms with E-state index in [0.29, 0.717) is 24.9 Å². The first-order valence-electron chi connectivity index (χ1n) is 9.77. The average Bonchev–Trinajstić information content (AvgIpc) is 3.19. The third kappa shape index (κ3) is 6.88. The SMILES string of the molecule is CN=C(NCc1ccc(N2CCOCC2)cc1)NCc1ncc(C(C)(C)C)o1.I. The van der Waals surface area contributed by atoms with Crippen LogP contribution in [0.25, 0.3) is 0 Å². The average molecular weight is 513 g/mol. The first kappa shape index (κ1) is 23.5. The minimum absolute atomic E-state index is 0. The summed E-state index contributed by atoms with van der Waals surface area (Å²) in [6, 6.07) is 8.63. The second-order valence-electron chi connectivity index (χ2n) is 7.91. The molecule has 2 aromatic rings. The zero-order valence-electron chi connectivity index (χ0n) is 17.7. The second-order valence-corrected chi connectivity index (χ2v) is 7.91. The lowest BCUT2D eigenvalue weighted by Gasteiger charge is -2.28. The Morgan fingerprint density at radius 2 is 1.76 bits per heavy atom. The van der Waals surface area contributed by atoms with Crippen molar-refractivity contribution >= 4 is 35.6 Å². The number of aromatic nitrogens is 1. The van der Waals surface area contributed by atoms with Gasteiger partial charge in [-0.05, 0) is 17.7 Å². The van der Waals surface area contributed by atoms with Crippen molar-refractivity contribution in [2.45, 2.75) is 39.3 Å². The molecule has 29 heavy (non-hydrogen) atoms. The van der Waals surface area contributed by atoms with Crippen LogP contribution in [0.1, 0.15) is 38.0 Å². The fraction of sp³-hybridized carbons (Fsp3) is 0.524. The number of hydrogen-bond acceptors (Lipinski definition) is 5. The number of anilines is 1. The number of guanidine groups is 1. The number of hydrogen-bond donors (Lipinski definition) is 2. The topological polar surface area (TPSA) is 74.9 Å². The van der Waals surface area contributed by atoms with Crippen molar-refractivity contribution in [2.75, 3.05) is 38.3 Å². The Balaban J connectivity index is 0.00000300. The van der Waals surface area contributed by atoms with Crippen molar-refractivity contribution in [2.24, 2.45) is 4.99 Å². The minimum Gasteiger partial charge on any atom is -0.443 e. The van der Waals surface area contributed by atoms with Crippen LogP contribution in [0.5, 0.6) is 0 Å². The number of aliphatic imine (C=N–C) groups is 1. The molecule has 1 aromatic carbocycles. The molecular weight excluding hydrogens is 481 g/mol. The van der Waals surface area contributed by atoms with Gasteiger partial charge in [-0.3, -0.25) is 4.99 Å². The standard InChI is InChI=1S/C21H31N5O2.HI/c1-21(2,3)18-14-23-19(28-18)15-25-20(22-4)24-13-16-5-7-17(8-6-16)26-9-11-27-12-10-26;/h5-8,14H,9-13,15H2,1-4H3,(H2,22,24,25);1H. The third-order valence-electron chi connectivity index (χ3n) is 4.70. The van der Waals surface area contributed by atoms with E-state index in [2.05, 4.69) is 70.5 Å². The third-order valence-corrected chi connectivity index (χ3v) is 4.70. The summed E-state index contributed by atoms with van der Waals surface area (Å²) in [5.74, 6) is 2.25. The van der Waals surface area contributed by atoms with Crippen LogP contribution in [-0.2, 0) is 23.2 Å². The highest BCUT2D eigenvalue weighted by molar-refractivity contribution is 14.0. The van der Waals surface area contributed by atoms with Crippen LogP contribution in [0.3, 0.4) is 0 Å². The molecule has 1 aliphatic rings. The number of rotatable bonds is 5. The summed E-state index contributed by atoms with van der Waals surface area (Å²) < 4.78 is 11.2. The zero-order chi connectivity index (χ0) is 20.0. The summed E-state index contributed by atoms with van der Waals surface area (Å²) in [5, 5.41) is 6.57. The van der Waals surface area contributed by atoms with Crippen LogP contribution in [0.2, 0.25) is 0 Å². The summed E-state index contributed by atoms with van der Waals surface area (Å²) in [6.45, 7) is 11.0. The van der Waals surface area contributed by atoms with Gasteiger partial charge in [-0.15, -0.1) is 24.0 Å². The largest absolute Gasteiger partial charge is 0.443 e. The first-order valence-corrected chi connectivity index (χ1v) is 9.77. The maximum atomic E-state index is 5.81. The number of benzene rings is 1. The van der Waals surface area contributed by atoms with E-state index in [1.54, 1.807) is 13.2 Å². The molecule has 0 unspecified atom stereocenters. The highest BCUT2D eigenvalue weighted by Crippen LogP contribution is 2.22. The Morgan fingerprint density at radius 1 is 1.10 bits per heavy atom. The van der Waals surface area contributed by atoms with Crippen LogP contribution < -0.4 is 15.5 Å². The van der Waals surface area contributed by atoms with Crippen molar-refractivity contribution in [3.63, 3.8) is 0 Å². The van der Waals surface area contributed by atoms with Gasteiger partial charge < -0.3 is 24.7 Å². The van der Waals surface area contributed by atoms with Crippen molar-refractivity contribution < 1.29 is 9.15 Å². The maximum absolute atomic E-state index is 5.81. The van der Waals surface area contributed by atoms with E-state index in [9.17, 15) is 0 Å². The van der Waals surface area contributed by atoms with Gasteiger partial charge in [0.1, 0.15) is 5.76 Å². The molecule has 0 spiro atoms. The van der Waals surface area contributed by atoms with Crippen LogP contribution in [0, 0.1) is 0 Å². The van der Waals surface area contributed by atoms with Crippen LogP contribution in [0.4, 0.5) is 5.69 Å². The molecule has 0 radical (unpaired) electrons. The molecule has 7 nitrogen and oxygen atoms in total. The zero-order valence-corrected chi connectivity index (χ0v) is 20.0. The Bertz CT molecular complexity index is 777. The number of halogens is 1. The summed E-state index contributed by atoms with van der Waals surface area (Å²) in [4.78, 5) is 11.0. The molecule has 3 rings (SSSR count). The van der Waals surface area contributed by atoms with Gasteiger partial charge in [0, 0.05) is 37.8 Å². The molecule has 2 N–H and O–H groups in total. The summed E-state index contributed by atoms with van der Waals surface area (Å²) in [7, 11) is 1.76. The number of nitrogens with one attached hydrogen (secondary N) is 2. The van der Waals surface area contributed by atoms with E-state index in [-0.39, 0.29) is 29.4 Å². The molecule has 0 bridgehead atoms. The summed E-state index contributed by atoms with van der Waals surface area (Å²) >= 11 is 0. The molecule has 2 heterocycles. The molecule has 1 aromatic heterocycles. The molecule has 1 fully saturated rings. The van der Waals surface area contributed by atoms with E-state index in [0.717, 1.165) is 32.1 Å². The predicted octanol–water partition coefficient (Wildman–Crippen LogP) is 3.29.